The van der Waals surface area contributed by atoms with Gasteiger partial charge in [-0.3, -0.25) is 32.5 Å². The van der Waals surface area contributed by atoms with Gasteiger partial charge >= 0.3 is 33.6 Å². The van der Waals surface area contributed by atoms with E-state index in [1.54, 1.807) is 0 Å². The number of hydrogen-bond donors (Lipinski definition) is 4. The Bertz CT molecular complexity index is 2130. The molecule has 0 radical (unpaired) electrons. The fraction of sp³-hybridized carbons (Fsp3) is 0.720. The molecule has 18 heteroatoms. The van der Waals surface area contributed by atoms with E-state index in [1.165, 1.54) is 83.5 Å². The number of aliphatic hydroxyl groups excluding tert-OH is 2. The summed E-state index contributed by atoms with van der Waals surface area (Å²) >= 11 is 0. The highest BCUT2D eigenvalue weighted by atomic mass is 31.2. The number of esters is 3. The Morgan fingerprint density at radius 2 is 0.570 bits per heavy atom. The van der Waals surface area contributed by atoms with Crippen molar-refractivity contribution in [3.05, 3.63) is 109 Å². The molecule has 0 bridgehead atoms. The zero-order chi connectivity index (χ0) is 68.1. The molecule has 0 fully saturated rings. The van der Waals surface area contributed by atoms with E-state index in [0.717, 1.165) is 148 Å². The molecule has 0 heterocycles. The van der Waals surface area contributed by atoms with Crippen molar-refractivity contribution in [1.29, 1.82) is 0 Å². The number of carbonyl (C=O) groups excluding carboxylic acids is 3. The van der Waals surface area contributed by atoms with Crippen LogP contribution >= 0.6 is 15.6 Å². The molecule has 0 saturated heterocycles. The summed E-state index contributed by atoms with van der Waals surface area (Å²) in [6, 6.07) is 0. The molecule has 0 aliphatic heterocycles. The molecule has 0 rings (SSSR count). The van der Waals surface area contributed by atoms with Crippen LogP contribution in [0, 0.1) is 0 Å². The average Bonchev–Trinajstić information content (AvgIpc) is 3.74. The number of aliphatic hydroxyl groups is 2. The summed E-state index contributed by atoms with van der Waals surface area (Å²) in [4.78, 5) is 58.5. The highest BCUT2D eigenvalue weighted by Crippen LogP contribution is 2.45. The van der Waals surface area contributed by atoms with E-state index in [9.17, 15) is 43.5 Å². The first-order valence-corrected chi connectivity index (χ1v) is 39.2. The Kier molecular flexibility index (Phi) is 65.4. The van der Waals surface area contributed by atoms with Gasteiger partial charge in [0.1, 0.15) is 25.4 Å². The van der Waals surface area contributed by atoms with Crippen LogP contribution in [-0.2, 0) is 55.8 Å². The van der Waals surface area contributed by atoms with Gasteiger partial charge in [-0.05, 0) is 109 Å². The van der Waals surface area contributed by atoms with Gasteiger partial charge in [0.25, 0.3) is 0 Å². The van der Waals surface area contributed by atoms with Gasteiger partial charge in [-0.25, -0.2) is 9.13 Å². The summed E-state index contributed by atoms with van der Waals surface area (Å²) in [5, 5.41) is 20.6. The molecular formula is C75H130O16P2. The molecule has 16 nitrogen and oxygen atoms in total. The summed E-state index contributed by atoms with van der Waals surface area (Å²) in [5.41, 5.74) is 0. The lowest BCUT2D eigenvalue weighted by Gasteiger charge is -2.21. The van der Waals surface area contributed by atoms with Crippen LogP contribution in [0.25, 0.3) is 0 Å². The van der Waals surface area contributed by atoms with E-state index in [1.807, 2.05) is 0 Å². The van der Waals surface area contributed by atoms with Gasteiger partial charge in [-0.1, -0.05) is 271 Å². The maximum absolute atomic E-state index is 12.9. The lowest BCUT2D eigenvalue weighted by molar-refractivity contribution is -0.161. The van der Waals surface area contributed by atoms with Crippen LogP contribution in [0.1, 0.15) is 290 Å². The van der Waals surface area contributed by atoms with Crippen LogP contribution in [0.5, 0.6) is 0 Å². The molecule has 93 heavy (non-hydrogen) atoms. The van der Waals surface area contributed by atoms with E-state index >= 15 is 0 Å². The Morgan fingerprint density at radius 1 is 0.312 bits per heavy atom. The third kappa shape index (κ3) is 69.4. The second kappa shape index (κ2) is 68.2. The third-order valence-electron chi connectivity index (χ3n) is 15.0. The summed E-state index contributed by atoms with van der Waals surface area (Å²) in [7, 11) is -9.79. The second-order valence-corrected chi connectivity index (χ2v) is 26.9. The van der Waals surface area contributed by atoms with E-state index < -0.39 is 91.5 Å². The van der Waals surface area contributed by atoms with Gasteiger partial charge in [-0.2, -0.15) is 0 Å². The predicted molar refractivity (Wildman–Crippen MR) is 380 cm³/mol. The Balaban J connectivity index is 4.66. The standard InChI is InChI=1S/C75H130O16P2/c1-4-7-10-13-16-19-22-25-28-30-32-33-34-35-37-39-41-43-46-49-52-55-58-61-73(78)85-64-70(76)65-87-92(81,82)88-66-71(77)67-89-93(83,84)90-69-72(91-75(80)63-60-57-54-51-48-45-40-27-24-21-18-15-12-9-6-3)68-86-74(79)62-59-56-53-50-47-44-42-38-36-31-29-26-23-20-17-14-11-8-5-2/h7,10,16-17,19-20,25-26,28-29,32-33,35-38,41,43,70-72,76-77H,4-6,8-9,11-15,18,21-24,27,30-31,34,39-40,42,44-69H2,1-3H3,(H,81,82)(H,83,84)/b10-7-,19-16-,20-17-,28-25-,29-26-,33-32-,37-35-,38-36-,43-41-. The number of phosphoric ester groups is 2. The van der Waals surface area contributed by atoms with Crippen LogP contribution in [0.15, 0.2) is 109 Å². The summed E-state index contributed by atoms with van der Waals surface area (Å²) in [6.45, 7) is 2.50. The Labute approximate surface area is 564 Å². The molecule has 0 aromatic rings. The highest BCUT2D eigenvalue weighted by molar-refractivity contribution is 7.47. The first-order valence-electron chi connectivity index (χ1n) is 36.2. The minimum Gasteiger partial charge on any atom is -0.463 e. The minimum absolute atomic E-state index is 0.103. The molecule has 536 valence electrons. The molecule has 0 aliphatic carbocycles. The topological polar surface area (TPSA) is 231 Å². The molecular weight excluding hydrogens is 1220 g/mol. The molecule has 0 spiro atoms. The van der Waals surface area contributed by atoms with Crippen LogP contribution < -0.4 is 0 Å². The monoisotopic (exact) mass is 1350 g/mol. The van der Waals surface area contributed by atoms with Crippen molar-refractivity contribution in [2.75, 3.05) is 39.6 Å². The summed E-state index contributed by atoms with van der Waals surface area (Å²) in [5.74, 6) is -1.61. The minimum atomic E-state index is -4.93. The number of rotatable bonds is 68. The molecule has 5 unspecified atom stereocenters. The Hall–Kier alpha value is -3.79. The summed E-state index contributed by atoms with van der Waals surface area (Å²) in [6.07, 6.45) is 77.0. The smallest absolute Gasteiger partial charge is 0.463 e. The predicted octanol–water partition coefficient (Wildman–Crippen LogP) is 20.4. The average molecular weight is 1350 g/mol. The third-order valence-corrected chi connectivity index (χ3v) is 16.9. The van der Waals surface area contributed by atoms with Gasteiger partial charge in [0.2, 0.25) is 0 Å². The lowest BCUT2D eigenvalue weighted by atomic mass is 10.0. The van der Waals surface area contributed by atoms with E-state index in [2.05, 4.69) is 130 Å². The van der Waals surface area contributed by atoms with E-state index in [0.29, 0.717) is 19.3 Å². The number of carbonyl (C=O) groups is 3. The van der Waals surface area contributed by atoms with Gasteiger partial charge in [0.05, 0.1) is 26.4 Å². The lowest BCUT2D eigenvalue weighted by Crippen LogP contribution is -2.30. The van der Waals surface area contributed by atoms with Crippen molar-refractivity contribution in [2.24, 2.45) is 0 Å². The van der Waals surface area contributed by atoms with E-state index in [4.69, 9.17) is 32.3 Å². The Morgan fingerprint density at radius 3 is 0.925 bits per heavy atom. The van der Waals surface area contributed by atoms with Crippen molar-refractivity contribution in [1.82, 2.24) is 0 Å². The van der Waals surface area contributed by atoms with Crippen molar-refractivity contribution in [2.45, 2.75) is 309 Å². The zero-order valence-corrected chi connectivity index (χ0v) is 59.9. The van der Waals surface area contributed by atoms with Gasteiger partial charge in [0.15, 0.2) is 6.10 Å². The van der Waals surface area contributed by atoms with Gasteiger partial charge < -0.3 is 34.2 Å². The molecule has 0 amide bonds. The van der Waals surface area contributed by atoms with Crippen molar-refractivity contribution < 1.29 is 75.8 Å². The zero-order valence-electron chi connectivity index (χ0n) is 58.1. The number of allylic oxidation sites excluding steroid dienone is 18. The van der Waals surface area contributed by atoms with Crippen LogP contribution in [0.3, 0.4) is 0 Å². The van der Waals surface area contributed by atoms with Crippen molar-refractivity contribution in [3.63, 3.8) is 0 Å². The van der Waals surface area contributed by atoms with Gasteiger partial charge in [0, 0.05) is 19.3 Å². The number of unbranched alkanes of at least 4 members (excludes halogenated alkanes) is 27. The second-order valence-electron chi connectivity index (χ2n) is 24.0. The number of hydrogen-bond acceptors (Lipinski definition) is 14. The van der Waals surface area contributed by atoms with Crippen LogP contribution in [-0.4, -0.2) is 95.9 Å². The van der Waals surface area contributed by atoms with Crippen LogP contribution in [0.4, 0.5) is 0 Å². The fourth-order valence-corrected chi connectivity index (χ4v) is 11.0. The molecule has 0 aromatic carbocycles. The molecule has 4 N–H and O–H groups in total. The molecule has 0 saturated carbocycles. The maximum atomic E-state index is 12.9. The van der Waals surface area contributed by atoms with Crippen molar-refractivity contribution in [3.8, 4) is 0 Å². The number of phosphoric acid groups is 2. The maximum Gasteiger partial charge on any atom is 0.472 e. The van der Waals surface area contributed by atoms with Crippen molar-refractivity contribution >= 4 is 33.6 Å². The SMILES string of the molecule is CC/C=C\C/C=C\C/C=C\C/C=C\C/C=C\C/C=C\CCCCCCC(=O)OCC(O)COP(=O)(O)OCC(O)COP(=O)(O)OCC(COC(=O)CCCCCCCC/C=C\C/C=C\C/C=C\CCCCC)OC(=O)CCCCCCCCCCCCCCCCC. The molecule has 5 atom stereocenters. The first-order chi connectivity index (χ1) is 45.2. The van der Waals surface area contributed by atoms with Crippen LogP contribution in [0.2, 0.25) is 0 Å². The summed E-state index contributed by atoms with van der Waals surface area (Å²) < 4.78 is 61.0. The quantitative estimate of drug-likeness (QED) is 0.0146. The fourth-order valence-electron chi connectivity index (χ4n) is 9.46. The largest absolute Gasteiger partial charge is 0.472 e. The molecule has 0 aromatic heterocycles. The molecule has 0 aliphatic rings. The van der Waals surface area contributed by atoms with Gasteiger partial charge in [-0.15, -0.1) is 0 Å². The highest BCUT2D eigenvalue weighted by Gasteiger charge is 2.29. The first kappa shape index (κ1) is 89.2. The number of ether oxygens (including phenoxy) is 3. The van der Waals surface area contributed by atoms with E-state index in [-0.39, 0.29) is 19.3 Å². The normalized spacial score (nSPS) is 14.8.